The minimum atomic E-state index is -0.207. The zero-order chi connectivity index (χ0) is 17.6. The molecule has 1 atom stereocenters. The van der Waals surface area contributed by atoms with Crippen molar-refractivity contribution in [1.29, 1.82) is 0 Å². The lowest BCUT2D eigenvalue weighted by atomic mass is 10.1. The molecule has 0 unspecified atom stereocenters. The molecule has 1 saturated heterocycles. The van der Waals surface area contributed by atoms with Crippen molar-refractivity contribution in [2.24, 2.45) is 0 Å². The first-order chi connectivity index (χ1) is 12.2. The van der Waals surface area contributed by atoms with E-state index in [1.54, 1.807) is 6.20 Å². The second-order valence-corrected chi connectivity index (χ2v) is 6.26. The van der Waals surface area contributed by atoms with Crippen LogP contribution in [0.5, 0.6) is 5.75 Å². The SMILES string of the molecule is CCOc1ccc([C@@H](C)NC(=O)c2cn(C3CCNCC3)nn2)cc1. The van der Waals surface area contributed by atoms with Crippen LogP contribution < -0.4 is 15.4 Å². The van der Waals surface area contributed by atoms with E-state index in [9.17, 15) is 4.79 Å². The summed E-state index contributed by atoms with van der Waals surface area (Å²) >= 11 is 0. The van der Waals surface area contributed by atoms with E-state index in [1.807, 2.05) is 42.8 Å². The van der Waals surface area contributed by atoms with Crippen LogP contribution in [0, 0.1) is 0 Å². The average molecular weight is 343 g/mol. The van der Waals surface area contributed by atoms with Gasteiger partial charge in [0.2, 0.25) is 0 Å². The van der Waals surface area contributed by atoms with Crippen LogP contribution in [0.2, 0.25) is 0 Å². The molecule has 134 valence electrons. The van der Waals surface area contributed by atoms with Gasteiger partial charge in [-0.05, 0) is 57.5 Å². The molecule has 0 bridgehead atoms. The molecule has 1 aliphatic heterocycles. The van der Waals surface area contributed by atoms with Crippen LogP contribution in [0.3, 0.4) is 0 Å². The molecule has 1 aromatic heterocycles. The molecule has 2 N–H and O–H groups in total. The predicted octanol–water partition coefficient (Wildman–Crippen LogP) is 2.09. The van der Waals surface area contributed by atoms with Crippen LogP contribution in [0.15, 0.2) is 30.5 Å². The van der Waals surface area contributed by atoms with E-state index < -0.39 is 0 Å². The lowest BCUT2D eigenvalue weighted by Crippen LogP contribution is -2.29. The Morgan fingerprint density at radius 1 is 1.36 bits per heavy atom. The summed E-state index contributed by atoms with van der Waals surface area (Å²) in [5.74, 6) is 0.622. The largest absolute Gasteiger partial charge is 0.494 e. The highest BCUT2D eigenvalue weighted by Crippen LogP contribution is 2.19. The van der Waals surface area contributed by atoms with Gasteiger partial charge in [0.15, 0.2) is 5.69 Å². The first-order valence-electron chi connectivity index (χ1n) is 8.83. The third kappa shape index (κ3) is 4.36. The maximum atomic E-state index is 12.4. The monoisotopic (exact) mass is 343 g/mol. The second kappa shape index (κ2) is 8.11. The highest BCUT2D eigenvalue weighted by molar-refractivity contribution is 5.92. The number of hydrogen-bond donors (Lipinski definition) is 2. The molecular weight excluding hydrogens is 318 g/mol. The molecule has 3 rings (SSSR count). The second-order valence-electron chi connectivity index (χ2n) is 6.26. The van der Waals surface area contributed by atoms with Crippen LogP contribution in [-0.2, 0) is 0 Å². The van der Waals surface area contributed by atoms with Gasteiger partial charge in [0.25, 0.3) is 5.91 Å². The molecule has 2 aromatic rings. The van der Waals surface area contributed by atoms with E-state index >= 15 is 0 Å². The van der Waals surface area contributed by atoms with E-state index in [0.717, 1.165) is 37.2 Å². The minimum Gasteiger partial charge on any atom is -0.494 e. The molecule has 0 radical (unpaired) electrons. The van der Waals surface area contributed by atoms with E-state index in [-0.39, 0.29) is 11.9 Å². The number of nitrogens with one attached hydrogen (secondary N) is 2. The van der Waals surface area contributed by atoms with Gasteiger partial charge in [-0.15, -0.1) is 5.10 Å². The molecule has 2 heterocycles. The number of amides is 1. The van der Waals surface area contributed by atoms with Crippen LogP contribution in [0.4, 0.5) is 0 Å². The molecule has 7 nitrogen and oxygen atoms in total. The Morgan fingerprint density at radius 3 is 2.76 bits per heavy atom. The molecule has 1 aliphatic rings. The zero-order valence-corrected chi connectivity index (χ0v) is 14.7. The van der Waals surface area contributed by atoms with Gasteiger partial charge in [0.05, 0.1) is 24.9 Å². The third-order valence-corrected chi connectivity index (χ3v) is 4.46. The third-order valence-electron chi connectivity index (χ3n) is 4.46. The topological polar surface area (TPSA) is 81.1 Å². The highest BCUT2D eigenvalue weighted by atomic mass is 16.5. The summed E-state index contributed by atoms with van der Waals surface area (Å²) in [6.07, 6.45) is 3.76. The summed E-state index contributed by atoms with van der Waals surface area (Å²) in [7, 11) is 0. The van der Waals surface area contributed by atoms with E-state index in [4.69, 9.17) is 4.74 Å². The Labute approximate surface area is 147 Å². The fourth-order valence-electron chi connectivity index (χ4n) is 3.00. The van der Waals surface area contributed by atoms with Gasteiger partial charge in [0.1, 0.15) is 5.75 Å². The Kier molecular flexibility index (Phi) is 5.65. The molecule has 7 heteroatoms. The summed E-state index contributed by atoms with van der Waals surface area (Å²) < 4.78 is 7.26. The minimum absolute atomic E-state index is 0.118. The number of benzene rings is 1. The van der Waals surface area contributed by atoms with Crippen LogP contribution in [-0.4, -0.2) is 40.6 Å². The van der Waals surface area contributed by atoms with Gasteiger partial charge in [-0.25, -0.2) is 4.68 Å². The van der Waals surface area contributed by atoms with Gasteiger partial charge in [-0.2, -0.15) is 0 Å². The Morgan fingerprint density at radius 2 is 2.08 bits per heavy atom. The van der Waals surface area contributed by atoms with Gasteiger partial charge in [0, 0.05) is 0 Å². The predicted molar refractivity (Wildman–Crippen MR) is 94.7 cm³/mol. The fraction of sp³-hybridized carbons (Fsp3) is 0.500. The molecule has 0 spiro atoms. The smallest absolute Gasteiger partial charge is 0.273 e. The van der Waals surface area contributed by atoms with Crippen molar-refractivity contribution in [3.05, 3.63) is 41.7 Å². The summed E-state index contributed by atoms with van der Waals surface area (Å²) in [6.45, 7) is 6.48. The lowest BCUT2D eigenvalue weighted by Gasteiger charge is -2.22. The van der Waals surface area contributed by atoms with Crippen molar-refractivity contribution >= 4 is 5.91 Å². The van der Waals surface area contributed by atoms with Crippen molar-refractivity contribution in [2.45, 2.75) is 38.8 Å². The van der Waals surface area contributed by atoms with E-state index in [2.05, 4.69) is 20.9 Å². The van der Waals surface area contributed by atoms with Crippen LogP contribution in [0.25, 0.3) is 0 Å². The lowest BCUT2D eigenvalue weighted by molar-refractivity contribution is 0.0934. The molecular formula is C18H25N5O2. The molecule has 1 amide bonds. The summed E-state index contributed by atoms with van der Waals surface area (Å²) in [5.41, 5.74) is 1.37. The Balaban J connectivity index is 1.60. The molecule has 25 heavy (non-hydrogen) atoms. The normalized spacial score (nSPS) is 16.4. The van der Waals surface area contributed by atoms with Crippen molar-refractivity contribution in [2.75, 3.05) is 19.7 Å². The summed E-state index contributed by atoms with van der Waals surface area (Å²) in [6, 6.07) is 7.94. The number of carbonyl (C=O) groups is 1. The highest BCUT2D eigenvalue weighted by Gasteiger charge is 2.19. The van der Waals surface area contributed by atoms with Crippen LogP contribution >= 0.6 is 0 Å². The number of rotatable bonds is 6. The van der Waals surface area contributed by atoms with Gasteiger partial charge in [-0.3, -0.25) is 4.79 Å². The summed E-state index contributed by atoms with van der Waals surface area (Å²) in [4.78, 5) is 12.4. The quantitative estimate of drug-likeness (QED) is 0.839. The Hall–Kier alpha value is -2.41. The first kappa shape index (κ1) is 17.4. The van der Waals surface area contributed by atoms with Crippen molar-refractivity contribution in [3.63, 3.8) is 0 Å². The van der Waals surface area contributed by atoms with Gasteiger partial charge in [-0.1, -0.05) is 17.3 Å². The van der Waals surface area contributed by atoms with E-state index in [0.29, 0.717) is 18.3 Å². The van der Waals surface area contributed by atoms with Gasteiger partial charge >= 0.3 is 0 Å². The number of piperidine rings is 1. The van der Waals surface area contributed by atoms with Crippen LogP contribution in [0.1, 0.15) is 54.8 Å². The number of ether oxygens (including phenoxy) is 1. The molecule has 0 saturated carbocycles. The number of nitrogens with zero attached hydrogens (tertiary/aromatic N) is 3. The Bertz CT molecular complexity index is 692. The number of aromatic nitrogens is 3. The maximum Gasteiger partial charge on any atom is 0.273 e. The van der Waals surface area contributed by atoms with E-state index in [1.165, 1.54) is 0 Å². The zero-order valence-electron chi connectivity index (χ0n) is 14.7. The fourth-order valence-corrected chi connectivity index (χ4v) is 3.00. The maximum absolute atomic E-state index is 12.4. The average Bonchev–Trinajstić information content (AvgIpc) is 3.13. The number of carbonyl (C=O) groups excluding carboxylic acids is 1. The van der Waals surface area contributed by atoms with Crippen molar-refractivity contribution < 1.29 is 9.53 Å². The molecule has 0 aliphatic carbocycles. The molecule has 1 aromatic carbocycles. The number of hydrogen-bond acceptors (Lipinski definition) is 5. The summed E-state index contributed by atoms with van der Waals surface area (Å²) in [5, 5.41) is 14.5. The molecule has 1 fully saturated rings. The van der Waals surface area contributed by atoms with Crippen molar-refractivity contribution in [1.82, 2.24) is 25.6 Å². The standard InChI is InChI=1S/C18H25N5O2/c1-3-25-16-6-4-14(5-7-16)13(2)20-18(24)17-12-23(22-21-17)15-8-10-19-11-9-15/h4-7,12-13,15,19H,3,8-11H2,1-2H3,(H,20,24)/t13-/m1/s1. The first-order valence-corrected chi connectivity index (χ1v) is 8.83. The van der Waals surface area contributed by atoms with Gasteiger partial charge < -0.3 is 15.4 Å². The van der Waals surface area contributed by atoms with Crippen molar-refractivity contribution in [3.8, 4) is 5.75 Å².